The highest BCUT2D eigenvalue weighted by Gasteiger charge is 2.50. The van der Waals surface area contributed by atoms with Crippen LogP contribution in [0.2, 0.25) is 0 Å². The van der Waals surface area contributed by atoms with Crippen molar-refractivity contribution in [1.82, 2.24) is 10.1 Å². The van der Waals surface area contributed by atoms with Gasteiger partial charge in [0.1, 0.15) is 0 Å². The molecule has 0 unspecified atom stereocenters. The van der Waals surface area contributed by atoms with Gasteiger partial charge in [-0.3, -0.25) is 9.68 Å². The third-order valence-corrected chi connectivity index (χ3v) is 9.50. The summed E-state index contributed by atoms with van der Waals surface area (Å²) in [5, 5.41) is 4.40. The maximum Gasteiger partial charge on any atom is 0.184 e. The maximum absolute atomic E-state index is 7.02. The Hall–Kier alpha value is -2.58. The van der Waals surface area contributed by atoms with Crippen LogP contribution in [0.5, 0.6) is 0 Å². The fourth-order valence-corrected chi connectivity index (χ4v) is 7.92. The van der Waals surface area contributed by atoms with Crippen LogP contribution in [0, 0.1) is 6.92 Å². The van der Waals surface area contributed by atoms with Gasteiger partial charge in [-0.15, -0.1) is 0 Å². The number of piperidine rings is 2. The Morgan fingerprint density at radius 1 is 0.543 bits per heavy atom. The van der Waals surface area contributed by atoms with Gasteiger partial charge in [0.25, 0.3) is 0 Å². The van der Waals surface area contributed by atoms with E-state index in [9.17, 15) is 0 Å². The van der Waals surface area contributed by atoms with Gasteiger partial charge in [-0.2, -0.15) is 10.1 Å². The first kappa shape index (κ1) is 34.7. The molecule has 0 aliphatic carbocycles. The standard InChI is InChI=1S/C40H56N2O4/c1-30-20-22-33(23-21-30)36(45-34-24-37(2,3)41(38(4,5)25-34)43-28-31-16-12-10-13-17-31)46-35-26-39(6,7)42(40(8,9)27-35)44-29-32-18-14-11-15-19-32/h10-23,34-36H,24-29H2,1-9H3. The summed E-state index contributed by atoms with van der Waals surface area (Å²) in [6.07, 6.45) is 2.87. The first-order valence-corrected chi connectivity index (χ1v) is 17.0. The summed E-state index contributed by atoms with van der Waals surface area (Å²) < 4.78 is 14.0. The van der Waals surface area contributed by atoms with Gasteiger partial charge in [0.15, 0.2) is 6.29 Å². The van der Waals surface area contributed by atoms with E-state index in [-0.39, 0.29) is 34.4 Å². The Labute approximate surface area is 277 Å². The Morgan fingerprint density at radius 3 is 1.24 bits per heavy atom. The smallest absolute Gasteiger partial charge is 0.184 e. The third kappa shape index (κ3) is 8.46. The average molecular weight is 629 g/mol. The molecule has 0 saturated carbocycles. The zero-order valence-corrected chi connectivity index (χ0v) is 29.6. The average Bonchev–Trinajstić information content (AvgIpc) is 2.96. The fourth-order valence-electron chi connectivity index (χ4n) is 7.92. The summed E-state index contributed by atoms with van der Waals surface area (Å²) in [5.41, 5.74) is 3.69. The van der Waals surface area contributed by atoms with E-state index in [2.05, 4.69) is 145 Å². The summed E-state index contributed by atoms with van der Waals surface area (Å²) in [7, 11) is 0. The lowest BCUT2D eigenvalue weighted by Gasteiger charge is -2.55. The van der Waals surface area contributed by atoms with E-state index < -0.39 is 6.29 Å². The van der Waals surface area contributed by atoms with Gasteiger partial charge < -0.3 is 9.47 Å². The van der Waals surface area contributed by atoms with Crippen molar-refractivity contribution in [3.63, 3.8) is 0 Å². The van der Waals surface area contributed by atoms with Crippen LogP contribution >= 0.6 is 0 Å². The van der Waals surface area contributed by atoms with Gasteiger partial charge in [-0.1, -0.05) is 90.5 Å². The van der Waals surface area contributed by atoms with E-state index in [1.54, 1.807) is 0 Å². The minimum atomic E-state index is -0.470. The largest absolute Gasteiger partial charge is 0.345 e. The van der Waals surface area contributed by atoms with E-state index in [0.29, 0.717) is 13.2 Å². The summed E-state index contributed by atoms with van der Waals surface area (Å²) in [6, 6.07) is 29.4. The Bertz CT molecular complexity index is 1270. The lowest BCUT2D eigenvalue weighted by Crippen LogP contribution is -2.62. The molecular formula is C40H56N2O4. The molecule has 2 aliphatic rings. The highest BCUT2D eigenvalue weighted by atomic mass is 16.7. The molecule has 6 heteroatoms. The third-order valence-electron chi connectivity index (χ3n) is 9.50. The number of benzene rings is 3. The second-order valence-corrected chi connectivity index (χ2v) is 15.9. The van der Waals surface area contributed by atoms with E-state index in [1.165, 1.54) is 16.7 Å². The highest BCUT2D eigenvalue weighted by molar-refractivity contribution is 5.22. The van der Waals surface area contributed by atoms with Gasteiger partial charge in [-0.05, 0) is 99.1 Å². The summed E-state index contributed by atoms with van der Waals surface area (Å²) >= 11 is 0. The zero-order valence-electron chi connectivity index (χ0n) is 29.6. The molecule has 0 spiro atoms. The summed E-state index contributed by atoms with van der Waals surface area (Å²) in [4.78, 5) is 13.0. The molecule has 3 aromatic rings. The lowest BCUT2D eigenvalue weighted by atomic mass is 9.80. The summed E-state index contributed by atoms with van der Waals surface area (Å²) in [5.74, 6) is 0. The van der Waals surface area contributed by atoms with Crippen molar-refractivity contribution in [1.29, 1.82) is 0 Å². The molecule has 46 heavy (non-hydrogen) atoms. The van der Waals surface area contributed by atoms with Crippen LogP contribution in [0.25, 0.3) is 0 Å². The molecule has 250 valence electrons. The molecule has 3 aromatic carbocycles. The van der Waals surface area contributed by atoms with Crippen LogP contribution in [0.15, 0.2) is 84.9 Å². The number of ether oxygens (including phenoxy) is 2. The van der Waals surface area contributed by atoms with Crippen LogP contribution in [-0.2, 0) is 32.4 Å². The minimum absolute atomic E-state index is 0.00296. The number of hydroxylamine groups is 4. The molecule has 0 N–H and O–H groups in total. The Kier molecular flexibility index (Phi) is 10.5. The van der Waals surface area contributed by atoms with Gasteiger partial charge >= 0.3 is 0 Å². The molecule has 5 rings (SSSR count). The molecule has 0 aromatic heterocycles. The quantitative estimate of drug-likeness (QED) is 0.197. The normalized spacial score (nSPS) is 21.9. The van der Waals surface area contributed by atoms with E-state index >= 15 is 0 Å². The van der Waals surface area contributed by atoms with Gasteiger partial charge in [0, 0.05) is 27.7 Å². The Morgan fingerprint density at radius 2 is 0.891 bits per heavy atom. The van der Waals surface area contributed by atoms with E-state index in [4.69, 9.17) is 19.1 Å². The molecule has 6 nitrogen and oxygen atoms in total. The molecule has 0 atom stereocenters. The van der Waals surface area contributed by atoms with Gasteiger partial charge in [-0.25, -0.2) is 0 Å². The van der Waals surface area contributed by atoms with Crippen LogP contribution in [0.4, 0.5) is 0 Å². The molecule has 0 bridgehead atoms. The lowest BCUT2D eigenvalue weighted by molar-refractivity contribution is -0.326. The number of hydrogen-bond acceptors (Lipinski definition) is 6. The minimum Gasteiger partial charge on any atom is -0.345 e. The zero-order chi connectivity index (χ0) is 33.2. The van der Waals surface area contributed by atoms with Crippen LogP contribution in [0.1, 0.15) is 110 Å². The molecule has 0 radical (unpaired) electrons. The predicted octanol–water partition coefficient (Wildman–Crippen LogP) is 9.33. The highest BCUT2D eigenvalue weighted by Crippen LogP contribution is 2.44. The number of aryl methyl sites for hydroxylation is 1. The molecule has 0 amide bonds. The van der Waals surface area contributed by atoms with Crippen LogP contribution in [-0.4, -0.2) is 44.5 Å². The number of rotatable bonds is 11. The van der Waals surface area contributed by atoms with Crippen molar-refractivity contribution in [2.45, 2.75) is 142 Å². The fraction of sp³-hybridized carbons (Fsp3) is 0.550. The SMILES string of the molecule is Cc1ccc(C(OC2CC(C)(C)N(OCc3ccccc3)C(C)(C)C2)OC2CC(C)(C)N(OCc3ccccc3)C(C)(C)C2)cc1. The molecule has 2 heterocycles. The van der Waals surface area contributed by atoms with Crippen LogP contribution in [0.3, 0.4) is 0 Å². The molecular weight excluding hydrogens is 572 g/mol. The summed E-state index contributed by atoms with van der Waals surface area (Å²) in [6.45, 7) is 21.3. The van der Waals surface area contributed by atoms with Gasteiger partial charge in [0.2, 0.25) is 0 Å². The van der Waals surface area contributed by atoms with Crippen molar-refractivity contribution in [3.8, 4) is 0 Å². The van der Waals surface area contributed by atoms with E-state index in [0.717, 1.165) is 31.2 Å². The Balaban J connectivity index is 1.30. The monoisotopic (exact) mass is 628 g/mol. The van der Waals surface area contributed by atoms with Crippen molar-refractivity contribution in [2.75, 3.05) is 0 Å². The van der Waals surface area contributed by atoms with E-state index in [1.807, 2.05) is 12.1 Å². The second-order valence-electron chi connectivity index (χ2n) is 15.9. The van der Waals surface area contributed by atoms with Crippen molar-refractivity contribution in [2.24, 2.45) is 0 Å². The number of hydrogen-bond donors (Lipinski definition) is 0. The molecule has 2 fully saturated rings. The topological polar surface area (TPSA) is 43.4 Å². The van der Waals surface area contributed by atoms with Crippen LogP contribution < -0.4 is 0 Å². The number of nitrogens with zero attached hydrogens (tertiary/aromatic N) is 2. The molecule has 2 aliphatic heterocycles. The first-order valence-electron chi connectivity index (χ1n) is 17.0. The van der Waals surface area contributed by atoms with Crippen molar-refractivity contribution >= 4 is 0 Å². The molecule has 2 saturated heterocycles. The second kappa shape index (κ2) is 13.9. The predicted molar refractivity (Wildman–Crippen MR) is 185 cm³/mol. The van der Waals surface area contributed by atoms with Gasteiger partial charge in [0.05, 0.1) is 25.4 Å². The maximum atomic E-state index is 7.02. The van der Waals surface area contributed by atoms with Crippen molar-refractivity contribution < 1.29 is 19.1 Å². The first-order chi connectivity index (χ1) is 21.6. The van der Waals surface area contributed by atoms with Crippen molar-refractivity contribution in [3.05, 3.63) is 107 Å².